The van der Waals surface area contributed by atoms with Crippen molar-refractivity contribution < 1.29 is 14.3 Å². The number of morpholine rings is 1. The monoisotopic (exact) mass is 417 g/mol. The van der Waals surface area contributed by atoms with Crippen molar-refractivity contribution in [2.75, 3.05) is 45.9 Å². The third-order valence-electron chi connectivity index (χ3n) is 6.30. The summed E-state index contributed by atoms with van der Waals surface area (Å²) in [7, 11) is 1.50. The van der Waals surface area contributed by atoms with Crippen LogP contribution in [-0.2, 0) is 16.6 Å². The zero-order valence-electron chi connectivity index (χ0n) is 17.6. The number of nitrogens with zero attached hydrogens (tertiary/aromatic N) is 4. The van der Waals surface area contributed by atoms with Crippen molar-refractivity contribution in [2.45, 2.75) is 31.8 Å². The third-order valence-corrected chi connectivity index (χ3v) is 6.30. The molecule has 1 aromatic heterocycles. The largest absolute Gasteiger partial charge is 0.365 e. The maximum Gasteiger partial charge on any atom is 0.271 e. The lowest BCUT2D eigenvalue weighted by molar-refractivity contribution is -0.149. The highest BCUT2D eigenvalue weighted by Crippen LogP contribution is 2.31. The van der Waals surface area contributed by atoms with Gasteiger partial charge in [-0.2, -0.15) is 5.10 Å². The Morgan fingerprint density at radius 2 is 1.87 bits per heavy atom. The van der Waals surface area contributed by atoms with E-state index in [1.165, 1.54) is 38.6 Å². The van der Waals surface area contributed by atoms with Crippen LogP contribution in [0.1, 0.15) is 36.2 Å². The van der Waals surface area contributed by atoms with Gasteiger partial charge < -0.3 is 19.9 Å². The third kappa shape index (κ3) is 5.46. The molecule has 2 amide bonds. The van der Waals surface area contributed by atoms with Gasteiger partial charge in [0.05, 0.1) is 6.10 Å². The van der Waals surface area contributed by atoms with Gasteiger partial charge in [-0.3, -0.25) is 14.4 Å². The fourth-order valence-electron chi connectivity index (χ4n) is 4.23. The highest BCUT2D eigenvalue weighted by Gasteiger charge is 2.31. The number of carbonyl (C=O) groups excluding carboxylic acids is 2. The molecule has 3 fully saturated rings. The van der Waals surface area contributed by atoms with Crippen molar-refractivity contribution in [3.05, 3.63) is 28.2 Å². The molecule has 1 atom stereocenters. The summed E-state index contributed by atoms with van der Waals surface area (Å²) in [4.78, 5) is 40.5. The van der Waals surface area contributed by atoms with Crippen LogP contribution in [-0.4, -0.2) is 83.4 Å². The molecule has 9 heteroatoms. The van der Waals surface area contributed by atoms with E-state index in [4.69, 9.17) is 4.74 Å². The normalized spacial score (nSPS) is 23.6. The number of aryl methyl sites for hydroxylation is 1. The molecule has 0 radical (unpaired) electrons. The van der Waals surface area contributed by atoms with E-state index >= 15 is 0 Å². The minimum absolute atomic E-state index is 0.0257. The zero-order chi connectivity index (χ0) is 21.1. The van der Waals surface area contributed by atoms with Crippen LogP contribution in [0.2, 0.25) is 0 Å². The molecule has 1 aliphatic carbocycles. The number of hydrogen-bond acceptors (Lipinski definition) is 6. The topological polar surface area (TPSA) is 96.8 Å². The van der Waals surface area contributed by atoms with Gasteiger partial charge >= 0.3 is 0 Å². The van der Waals surface area contributed by atoms with Crippen molar-refractivity contribution in [3.63, 3.8) is 0 Å². The maximum absolute atomic E-state index is 12.3. The van der Waals surface area contributed by atoms with Gasteiger partial charge in [-0.15, -0.1) is 0 Å². The van der Waals surface area contributed by atoms with Crippen LogP contribution in [0, 0.1) is 11.8 Å². The van der Waals surface area contributed by atoms with Crippen LogP contribution in [0.3, 0.4) is 0 Å². The van der Waals surface area contributed by atoms with Gasteiger partial charge in [0.2, 0.25) is 5.91 Å². The van der Waals surface area contributed by atoms with Crippen molar-refractivity contribution in [3.8, 4) is 0 Å². The molecule has 0 aromatic carbocycles. The minimum Gasteiger partial charge on any atom is -0.365 e. The van der Waals surface area contributed by atoms with Crippen LogP contribution in [0.25, 0.3) is 0 Å². The summed E-state index contributed by atoms with van der Waals surface area (Å²) < 4.78 is 6.74. The lowest BCUT2D eigenvalue weighted by Gasteiger charge is -2.38. The van der Waals surface area contributed by atoms with E-state index in [1.54, 1.807) is 0 Å². The smallest absolute Gasteiger partial charge is 0.271 e. The summed E-state index contributed by atoms with van der Waals surface area (Å²) >= 11 is 0. The Hall–Kier alpha value is -2.26. The molecule has 1 aromatic rings. The lowest BCUT2D eigenvalue weighted by atomic mass is 9.95. The number of aromatic nitrogens is 2. The quantitative estimate of drug-likeness (QED) is 0.663. The summed E-state index contributed by atoms with van der Waals surface area (Å²) in [6.07, 6.45) is 4.81. The van der Waals surface area contributed by atoms with Crippen LogP contribution in [0.4, 0.5) is 0 Å². The van der Waals surface area contributed by atoms with Crippen molar-refractivity contribution >= 4 is 11.8 Å². The molecule has 164 valence electrons. The standard InChI is InChI=1S/C21H31N5O4/c1-24-19(27)5-4-18(23-24)21(29)22-10-17-13-26(20(28)14-30-17)12-16-6-8-25(9-7-16)11-15-2-3-15/h4-5,15-17H,2-3,6-14H2,1H3,(H,22,29)/t17-/m0/s1. The van der Waals surface area contributed by atoms with Crippen LogP contribution < -0.4 is 10.9 Å². The molecular weight excluding hydrogens is 386 g/mol. The molecule has 0 bridgehead atoms. The maximum atomic E-state index is 12.3. The second-order valence-electron chi connectivity index (χ2n) is 8.81. The molecule has 2 saturated heterocycles. The predicted molar refractivity (Wildman–Crippen MR) is 110 cm³/mol. The molecule has 9 nitrogen and oxygen atoms in total. The Bertz CT molecular complexity index is 829. The summed E-state index contributed by atoms with van der Waals surface area (Å²) in [5.41, 5.74) is -0.0894. The summed E-state index contributed by atoms with van der Waals surface area (Å²) in [5, 5.41) is 6.75. The highest BCUT2D eigenvalue weighted by atomic mass is 16.5. The Morgan fingerprint density at radius 3 is 2.57 bits per heavy atom. The highest BCUT2D eigenvalue weighted by molar-refractivity contribution is 5.92. The average molecular weight is 418 g/mol. The van der Waals surface area contributed by atoms with E-state index in [9.17, 15) is 14.4 Å². The van der Waals surface area contributed by atoms with Gasteiger partial charge in [-0.05, 0) is 56.7 Å². The van der Waals surface area contributed by atoms with E-state index in [2.05, 4.69) is 15.3 Å². The van der Waals surface area contributed by atoms with E-state index < -0.39 is 0 Å². The number of piperidine rings is 1. The molecule has 0 spiro atoms. The number of amides is 2. The Kier molecular flexibility index (Phi) is 6.48. The number of likely N-dealkylation sites (tertiary alicyclic amines) is 1. The van der Waals surface area contributed by atoms with E-state index in [0.717, 1.165) is 43.1 Å². The fraction of sp³-hybridized carbons (Fsp3) is 0.714. The Morgan fingerprint density at radius 1 is 1.13 bits per heavy atom. The van der Waals surface area contributed by atoms with Crippen molar-refractivity contribution in [1.29, 1.82) is 0 Å². The number of nitrogens with one attached hydrogen (secondary N) is 1. The number of rotatable bonds is 7. The first-order valence-corrected chi connectivity index (χ1v) is 10.9. The zero-order valence-corrected chi connectivity index (χ0v) is 17.6. The molecule has 0 unspecified atom stereocenters. The first-order chi connectivity index (χ1) is 14.5. The number of ether oxygens (including phenoxy) is 1. The van der Waals surface area contributed by atoms with Crippen molar-refractivity contribution in [1.82, 2.24) is 24.9 Å². The van der Waals surface area contributed by atoms with Crippen LogP contribution in [0.15, 0.2) is 16.9 Å². The predicted octanol–water partition coefficient (Wildman–Crippen LogP) is -0.140. The summed E-state index contributed by atoms with van der Waals surface area (Å²) in [6, 6.07) is 2.72. The van der Waals surface area contributed by atoms with Gasteiger partial charge in [-0.25, -0.2) is 4.68 Å². The SMILES string of the molecule is Cn1nc(C(=O)NC[C@H]2CN(CC3CCN(CC4CC4)CC3)C(=O)CO2)ccc1=O. The molecule has 4 rings (SSSR count). The second-order valence-corrected chi connectivity index (χ2v) is 8.81. The summed E-state index contributed by atoms with van der Waals surface area (Å²) in [5.74, 6) is 1.13. The number of carbonyl (C=O) groups is 2. The Labute approximate surface area is 176 Å². The van der Waals surface area contributed by atoms with Gasteiger partial charge in [0, 0.05) is 39.3 Å². The number of hydrogen-bond donors (Lipinski definition) is 1. The van der Waals surface area contributed by atoms with E-state index in [1.807, 2.05) is 4.90 Å². The minimum atomic E-state index is -0.360. The van der Waals surface area contributed by atoms with E-state index in [-0.39, 0.29) is 35.8 Å². The first-order valence-electron chi connectivity index (χ1n) is 10.9. The molecule has 1 saturated carbocycles. The van der Waals surface area contributed by atoms with Crippen LogP contribution in [0.5, 0.6) is 0 Å². The fourth-order valence-corrected chi connectivity index (χ4v) is 4.23. The van der Waals surface area contributed by atoms with Gasteiger partial charge in [0.25, 0.3) is 11.5 Å². The van der Waals surface area contributed by atoms with Gasteiger partial charge in [0.15, 0.2) is 0 Å². The Balaban J connectivity index is 1.23. The molecule has 2 aliphatic heterocycles. The average Bonchev–Trinajstić information content (AvgIpc) is 3.56. The molecule has 3 aliphatic rings. The van der Waals surface area contributed by atoms with Gasteiger partial charge in [-0.1, -0.05) is 0 Å². The second kappa shape index (κ2) is 9.26. The summed E-state index contributed by atoms with van der Waals surface area (Å²) in [6.45, 7) is 5.12. The lowest BCUT2D eigenvalue weighted by Crippen LogP contribution is -2.52. The molecule has 3 heterocycles. The van der Waals surface area contributed by atoms with Gasteiger partial charge in [0.1, 0.15) is 12.3 Å². The van der Waals surface area contributed by atoms with Crippen molar-refractivity contribution in [2.24, 2.45) is 18.9 Å². The van der Waals surface area contributed by atoms with Crippen LogP contribution >= 0.6 is 0 Å². The molecular formula is C21H31N5O4. The van der Waals surface area contributed by atoms with E-state index in [0.29, 0.717) is 19.0 Å². The first kappa shape index (κ1) is 21.0. The molecule has 1 N–H and O–H groups in total. The molecule has 30 heavy (non-hydrogen) atoms.